The standard InChI is InChI=1S/C26H20N2O5S/c1-27-25(29)23(19-13-7-9-15-22(19)33-2)24(26(27)30)20-16-28(21-14-8-6-12-18(20)21)34(31,32)17-10-4-3-5-11-17/h3-16H,1-2H3. The van der Waals surface area contributed by atoms with Gasteiger partial charge in [-0.1, -0.05) is 54.6 Å². The molecule has 3 aromatic carbocycles. The Morgan fingerprint density at radius 3 is 2.03 bits per heavy atom. The first-order valence-corrected chi connectivity index (χ1v) is 11.9. The monoisotopic (exact) mass is 472 g/mol. The van der Waals surface area contributed by atoms with Gasteiger partial charge in [0, 0.05) is 29.8 Å². The Kier molecular flexibility index (Phi) is 5.10. The third kappa shape index (κ3) is 3.14. The molecule has 2 heterocycles. The number of amides is 2. The van der Waals surface area contributed by atoms with Crippen LogP contribution in [0.4, 0.5) is 0 Å². The number of hydrogen-bond donors (Lipinski definition) is 0. The number of rotatable bonds is 5. The number of carbonyl (C=O) groups excluding carboxylic acids is 2. The minimum atomic E-state index is -3.95. The summed E-state index contributed by atoms with van der Waals surface area (Å²) in [6.45, 7) is 0. The first kappa shape index (κ1) is 21.7. The van der Waals surface area contributed by atoms with Crippen molar-refractivity contribution < 1.29 is 22.7 Å². The normalized spacial score (nSPS) is 14.4. The third-order valence-corrected chi connectivity index (χ3v) is 7.60. The van der Waals surface area contributed by atoms with E-state index in [0.717, 1.165) is 8.87 Å². The minimum absolute atomic E-state index is 0.118. The van der Waals surface area contributed by atoms with E-state index in [-0.39, 0.29) is 16.0 Å². The molecule has 0 atom stereocenters. The van der Waals surface area contributed by atoms with E-state index < -0.39 is 21.8 Å². The molecule has 5 rings (SSSR count). The molecule has 8 heteroatoms. The van der Waals surface area contributed by atoms with E-state index in [1.807, 2.05) is 0 Å². The number of likely N-dealkylation sites (N-methyl/N-ethyl adjacent to an activating group) is 1. The maximum Gasteiger partial charge on any atom is 0.268 e. The maximum absolute atomic E-state index is 13.5. The zero-order chi connectivity index (χ0) is 24.0. The lowest BCUT2D eigenvalue weighted by molar-refractivity contribution is -0.134. The zero-order valence-corrected chi connectivity index (χ0v) is 19.2. The van der Waals surface area contributed by atoms with Gasteiger partial charge in [0.1, 0.15) is 5.75 Å². The molecule has 0 saturated carbocycles. The predicted octanol–water partition coefficient (Wildman–Crippen LogP) is 3.80. The molecule has 7 nitrogen and oxygen atoms in total. The van der Waals surface area contributed by atoms with Gasteiger partial charge in [-0.25, -0.2) is 12.4 Å². The van der Waals surface area contributed by atoms with Gasteiger partial charge in [0.2, 0.25) is 0 Å². The maximum atomic E-state index is 13.5. The van der Waals surface area contributed by atoms with E-state index >= 15 is 0 Å². The SMILES string of the molecule is COc1ccccc1C1=C(c2cn(S(=O)(=O)c3ccccc3)c3ccccc23)C(=O)N(C)C1=O. The van der Waals surface area contributed by atoms with Crippen molar-refractivity contribution in [2.45, 2.75) is 4.90 Å². The number of carbonyl (C=O) groups is 2. The van der Waals surface area contributed by atoms with Crippen molar-refractivity contribution in [3.8, 4) is 5.75 Å². The molecular weight excluding hydrogens is 452 g/mol. The summed E-state index contributed by atoms with van der Waals surface area (Å²) in [5.41, 5.74) is 1.53. The van der Waals surface area contributed by atoms with Crippen LogP contribution in [0.2, 0.25) is 0 Å². The van der Waals surface area contributed by atoms with E-state index in [1.54, 1.807) is 66.7 Å². The Balaban J connectivity index is 1.85. The fourth-order valence-corrected chi connectivity index (χ4v) is 5.64. The van der Waals surface area contributed by atoms with Crippen molar-refractivity contribution in [1.29, 1.82) is 0 Å². The fraction of sp³-hybridized carbons (Fsp3) is 0.0769. The lowest BCUT2D eigenvalue weighted by Gasteiger charge is -2.10. The Morgan fingerprint density at radius 2 is 1.32 bits per heavy atom. The van der Waals surface area contributed by atoms with Gasteiger partial charge in [0.25, 0.3) is 21.8 Å². The Hall–Kier alpha value is -4.17. The number of benzene rings is 3. The van der Waals surface area contributed by atoms with Gasteiger partial charge in [-0.05, 0) is 24.3 Å². The first-order chi connectivity index (χ1) is 16.4. The molecular formula is C26H20N2O5S. The molecule has 0 fully saturated rings. The second-order valence-corrected chi connectivity index (χ2v) is 9.61. The summed E-state index contributed by atoms with van der Waals surface area (Å²) in [4.78, 5) is 27.7. The summed E-state index contributed by atoms with van der Waals surface area (Å²) in [6, 6.07) is 21.9. The molecule has 0 saturated heterocycles. The summed E-state index contributed by atoms with van der Waals surface area (Å²) < 4.78 is 33.6. The van der Waals surface area contributed by atoms with Gasteiger partial charge in [0.05, 0.1) is 28.7 Å². The van der Waals surface area contributed by atoms with Crippen LogP contribution in [0.25, 0.3) is 22.0 Å². The van der Waals surface area contributed by atoms with Gasteiger partial charge in [-0.2, -0.15) is 0 Å². The molecule has 1 aromatic heterocycles. The van der Waals surface area contributed by atoms with Crippen LogP contribution in [0.1, 0.15) is 11.1 Å². The number of methoxy groups -OCH3 is 1. The number of hydrogen-bond acceptors (Lipinski definition) is 5. The minimum Gasteiger partial charge on any atom is -0.496 e. The first-order valence-electron chi connectivity index (χ1n) is 10.5. The zero-order valence-electron chi connectivity index (χ0n) is 18.4. The van der Waals surface area contributed by atoms with Gasteiger partial charge in [-0.3, -0.25) is 14.5 Å². The molecule has 0 N–H and O–H groups in total. The highest BCUT2D eigenvalue weighted by molar-refractivity contribution is 7.90. The average Bonchev–Trinajstić information content (AvgIpc) is 3.36. The summed E-state index contributed by atoms with van der Waals surface area (Å²) in [5, 5.41) is 0.542. The summed E-state index contributed by atoms with van der Waals surface area (Å²) in [6.07, 6.45) is 1.42. The van der Waals surface area contributed by atoms with Crippen molar-refractivity contribution in [2.75, 3.05) is 14.2 Å². The van der Waals surface area contributed by atoms with Crippen molar-refractivity contribution >= 4 is 43.9 Å². The molecule has 0 unspecified atom stereocenters. The molecule has 2 amide bonds. The van der Waals surface area contributed by atoms with Crippen LogP contribution in [0.5, 0.6) is 5.75 Å². The lowest BCUT2D eigenvalue weighted by Crippen LogP contribution is -2.26. The van der Waals surface area contributed by atoms with Crippen LogP contribution < -0.4 is 4.74 Å². The van der Waals surface area contributed by atoms with Crippen molar-refractivity contribution in [3.05, 3.63) is 96.2 Å². The van der Waals surface area contributed by atoms with Crippen LogP contribution in [0.15, 0.2) is 90.0 Å². The molecule has 0 bridgehead atoms. The van der Waals surface area contributed by atoms with Crippen LogP contribution in [-0.4, -0.2) is 43.3 Å². The van der Waals surface area contributed by atoms with Gasteiger partial charge >= 0.3 is 0 Å². The van der Waals surface area contributed by atoms with E-state index in [2.05, 4.69) is 0 Å². The van der Waals surface area contributed by atoms with E-state index in [1.165, 1.54) is 32.5 Å². The summed E-state index contributed by atoms with van der Waals surface area (Å²) in [5.74, 6) is -0.551. The van der Waals surface area contributed by atoms with Crippen LogP contribution in [0, 0.1) is 0 Å². The quantitative estimate of drug-likeness (QED) is 0.413. The smallest absolute Gasteiger partial charge is 0.268 e. The Morgan fingerprint density at radius 1 is 0.735 bits per heavy atom. The topological polar surface area (TPSA) is 85.7 Å². The van der Waals surface area contributed by atoms with E-state index in [9.17, 15) is 18.0 Å². The van der Waals surface area contributed by atoms with E-state index in [4.69, 9.17) is 4.74 Å². The predicted molar refractivity (Wildman–Crippen MR) is 129 cm³/mol. The van der Waals surface area contributed by atoms with Crippen LogP contribution >= 0.6 is 0 Å². The lowest BCUT2D eigenvalue weighted by atomic mass is 9.95. The highest BCUT2D eigenvalue weighted by atomic mass is 32.2. The van der Waals surface area contributed by atoms with Crippen LogP contribution in [0.3, 0.4) is 0 Å². The molecule has 4 aromatic rings. The number of ether oxygens (including phenoxy) is 1. The second-order valence-electron chi connectivity index (χ2n) is 7.79. The highest BCUT2D eigenvalue weighted by Crippen LogP contribution is 2.41. The molecule has 34 heavy (non-hydrogen) atoms. The van der Waals surface area contributed by atoms with Crippen molar-refractivity contribution in [2.24, 2.45) is 0 Å². The van der Waals surface area contributed by atoms with Crippen molar-refractivity contribution in [1.82, 2.24) is 8.87 Å². The number of imide groups is 1. The molecule has 0 spiro atoms. The van der Waals surface area contributed by atoms with Gasteiger partial charge < -0.3 is 4.74 Å². The summed E-state index contributed by atoms with van der Waals surface area (Å²) >= 11 is 0. The number of nitrogens with zero attached hydrogens (tertiary/aromatic N) is 2. The second kappa shape index (κ2) is 8.00. The molecule has 1 aliphatic heterocycles. The molecule has 170 valence electrons. The average molecular weight is 473 g/mol. The highest BCUT2D eigenvalue weighted by Gasteiger charge is 2.40. The van der Waals surface area contributed by atoms with Crippen molar-refractivity contribution in [3.63, 3.8) is 0 Å². The van der Waals surface area contributed by atoms with Gasteiger partial charge in [-0.15, -0.1) is 0 Å². The third-order valence-electron chi connectivity index (χ3n) is 5.91. The number of fused-ring (bicyclic) bond motifs is 1. The van der Waals surface area contributed by atoms with Crippen LogP contribution in [-0.2, 0) is 19.6 Å². The largest absolute Gasteiger partial charge is 0.496 e. The Bertz CT molecular complexity index is 1600. The summed E-state index contributed by atoms with van der Waals surface area (Å²) in [7, 11) is -1.06. The van der Waals surface area contributed by atoms with E-state index in [0.29, 0.717) is 27.8 Å². The van der Waals surface area contributed by atoms with Gasteiger partial charge in [0.15, 0.2) is 0 Å². The molecule has 0 aliphatic carbocycles. The molecule has 0 radical (unpaired) electrons. The Labute approximate surface area is 196 Å². The fourth-order valence-electron chi connectivity index (χ4n) is 4.25. The number of para-hydroxylation sites is 2. The molecule has 1 aliphatic rings. The number of aromatic nitrogens is 1.